The Balaban J connectivity index is 2.05. The summed E-state index contributed by atoms with van der Waals surface area (Å²) in [5.41, 5.74) is 1.83. The molecule has 0 unspecified atom stereocenters. The lowest BCUT2D eigenvalue weighted by atomic mass is 10.1. The Morgan fingerprint density at radius 2 is 2.00 bits per heavy atom. The van der Waals surface area contributed by atoms with Crippen LogP contribution >= 0.6 is 11.8 Å². The summed E-state index contributed by atoms with van der Waals surface area (Å²) in [5, 5.41) is 3.12. The van der Waals surface area contributed by atoms with Gasteiger partial charge < -0.3 is 10.1 Å². The number of hydrogen-bond acceptors (Lipinski definition) is 3. The zero-order valence-corrected chi connectivity index (χ0v) is 12.5. The summed E-state index contributed by atoms with van der Waals surface area (Å²) in [6, 6.07) is 12.5. The van der Waals surface area contributed by atoms with E-state index in [1.54, 1.807) is 23.9 Å². The van der Waals surface area contributed by atoms with Gasteiger partial charge in [-0.25, -0.2) is 4.39 Å². The lowest BCUT2D eigenvalue weighted by Gasteiger charge is -2.11. The highest BCUT2D eigenvalue weighted by Crippen LogP contribution is 2.42. The Kier molecular flexibility index (Phi) is 4.27. The van der Waals surface area contributed by atoms with Crippen LogP contribution in [-0.4, -0.2) is 19.3 Å². The van der Waals surface area contributed by atoms with Crippen LogP contribution in [0, 0.1) is 5.82 Å². The first-order valence-electron chi connectivity index (χ1n) is 6.84. The third-order valence-corrected chi connectivity index (χ3v) is 4.30. The minimum absolute atomic E-state index is 0.247. The third-order valence-electron chi connectivity index (χ3n) is 3.24. The monoisotopic (exact) mass is 301 g/mol. The first kappa shape index (κ1) is 14.2. The molecule has 4 heteroatoms. The SMILES string of the molecule is CNCCSC1=Cc2ccccc2Oc2ccc(F)cc21. The summed E-state index contributed by atoms with van der Waals surface area (Å²) >= 11 is 1.70. The summed E-state index contributed by atoms with van der Waals surface area (Å²) in [5.74, 6) is 2.17. The Hall–Kier alpha value is -1.78. The van der Waals surface area contributed by atoms with Gasteiger partial charge in [-0.1, -0.05) is 18.2 Å². The van der Waals surface area contributed by atoms with Crippen molar-refractivity contribution in [2.45, 2.75) is 0 Å². The van der Waals surface area contributed by atoms with E-state index < -0.39 is 0 Å². The second-order valence-electron chi connectivity index (χ2n) is 4.74. The second-order valence-corrected chi connectivity index (χ2v) is 5.88. The molecule has 21 heavy (non-hydrogen) atoms. The molecule has 0 aliphatic carbocycles. The molecule has 2 nitrogen and oxygen atoms in total. The summed E-state index contributed by atoms with van der Waals surface area (Å²) < 4.78 is 19.6. The van der Waals surface area contributed by atoms with Crippen LogP contribution in [0.15, 0.2) is 42.5 Å². The Bertz CT molecular complexity index is 684. The minimum atomic E-state index is -0.247. The van der Waals surface area contributed by atoms with Crippen molar-refractivity contribution in [3.63, 3.8) is 0 Å². The minimum Gasteiger partial charge on any atom is -0.456 e. The van der Waals surface area contributed by atoms with E-state index in [1.807, 2.05) is 31.3 Å². The lowest BCUT2D eigenvalue weighted by molar-refractivity contribution is 0.479. The molecular weight excluding hydrogens is 285 g/mol. The molecule has 0 radical (unpaired) electrons. The first-order valence-corrected chi connectivity index (χ1v) is 7.82. The van der Waals surface area contributed by atoms with Gasteiger partial charge in [0.25, 0.3) is 0 Å². The predicted octanol–water partition coefficient (Wildman–Crippen LogP) is 4.38. The highest BCUT2D eigenvalue weighted by atomic mass is 32.2. The van der Waals surface area contributed by atoms with Gasteiger partial charge in [0, 0.05) is 28.3 Å². The van der Waals surface area contributed by atoms with E-state index in [0.717, 1.165) is 34.1 Å². The van der Waals surface area contributed by atoms with Crippen LogP contribution in [0.4, 0.5) is 4.39 Å². The van der Waals surface area contributed by atoms with Crippen molar-refractivity contribution in [3.8, 4) is 11.5 Å². The summed E-state index contributed by atoms with van der Waals surface area (Å²) in [6.45, 7) is 0.898. The van der Waals surface area contributed by atoms with E-state index >= 15 is 0 Å². The Labute approximate surface area is 128 Å². The molecule has 1 N–H and O–H groups in total. The molecule has 0 bridgehead atoms. The van der Waals surface area contributed by atoms with Gasteiger partial charge >= 0.3 is 0 Å². The summed E-state index contributed by atoms with van der Waals surface area (Å²) in [4.78, 5) is 1.03. The topological polar surface area (TPSA) is 21.3 Å². The standard InChI is InChI=1S/C17H16FNOS/c1-19-8-9-21-17-10-12-4-2-3-5-15(12)20-16-7-6-13(18)11-14(16)17/h2-7,10-11,19H,8-9H2,1H3. The van der Waals surface area contributed by atoms with Crippen molar-refractivity contribution in [1.29, 1.82) is 0 Å². The molecular formula is C17H16FNOS. The van der Waals surface area contributed by atoms with E-state index in [9.17, 15) is 4.39 Å². The molecule has 0 spiro atoms. The van der Waals surface area contributed by atoms with Crippen molar-refractivity contribution in [2.75, 3.05) is 19.3 Å². The fourth-order valence-corrected chi connectivity index (χ4v) is 3.25. The van der Waals surface area contributed by atoms with Crippen molar-refractivity contribution in [1.82, 2.24) is 5.32 Å². The van der Waals surface area contributed by atoms with Gasteiger partial charge in [-0.3, -0.25) is 0 Å². The molecule has 1 heterocycles. The molecule has 3 rings (SSSR count). The molecule has 0 aromatic heterocycles. The van der Waals surface area contributed by atoms with Crippen LogP contribution in [0.1, 0.15) is 11.1 Å². The van der Waals surface area contributed by atoms with Gasteiger partial charge in [0.2, 0.25) is 0 Å². The van der Waals surface area contributed by atoms with E-state index in [0.29, 0.717) is 5.75 Å². The number of nitrogens with one attached hydrogen (secondary N) is 1. The van der Waals surface area contributed by atoms with E-state index in [4.69, 9.17) is 4.74 Å². The van der Waals surface area contributed by atoms with Gasteiger partial charge in [-0.15, -0.1) is 11.8 Å². The predicted molar refractivity (Wildman–Crippen MR) is 87.2 cm³/mol. The van der Waals surface area contributed by atoms with Crippen molar-refractivity contribution in [2.24, 2.45) is 0 Å². The van der Waals surface area contributed by atoms with Crippen LogP contribution in [0.3, 0.4) is 0 Å². The number of thioether (sulfide) groups is 1. The number of hydrogen-bond donors (Lipinski definition) is 1. The number of rotatable bonds is 4. The summed E-state index contributed by atoms with van der Waals surface area (Å²) in [7, 11) is 1.92. The van der Waals surface area contributed by atoms with Gasteiger partial charge in [0.05, 0.1) is 0 Å². The number of para-hydroxylation sites is 1. The fourth-order valence-electron chi connectivity index (χ4n) is 2.20. The molecule has 0 saturated carbocycles. The highest BCUT2D eigenvalue weighted by molar-refractivity contribution is 8.08. The maximum absolute atomic E-state index is 13.6. The third kappa shape index (κ3) is 3.12. The lowest BCUT2D eigenvalue weighted by Crippen LogP contribution is -2.09. The Morgan fingerprint density at radius 3 is 2.86 bits per heavy atom. The number of fused-ring (bicyclic) bond motifs is 2. The van der Waals surface area contributed by atoms with Crippen LogP contribution in [0.2, 0.25) is 0 Å². The smallest absolute Gasteiger partial charge is 0.136 e. The number of ether oxygens (including phenoxy) is 1. The zero-order chi connectivity index (χ0) is 14.7. The highest BCUT2D eigenvalue weighted by Gasteiger charge is 2.17. The maximum Gasteiger partial charge on any atom is 0.136 e. The number of benzene rings is 2. The van der Waals surface area contributed by atoms with Crippen molar-refractivity contribution in [3.05, 3.63) is 59.4 Å². The molecule has 1 aliphatic heterocycles. The zero-order valence-electron chi connectivity index (χ0n) is 11.7. The van der Waals surface area contributed by atoms with E-state index in [1.165, 1.54) is 6.07 Å². The molecule has 0 amide bonds. The number of halogens is 1. The quantitative estimate of drug-likeness (QED) is 0.847. The molecule has 0 saturated heterocycles. The normalized spacial score (nSPS) is 12.8. The van der Waals surface area contributed by atoms with Crippen LogP contribution in [0.5, 0.6) is 11.5 Å². The molecule has 0 atom stereocenters. The second kappa shape index (κ2) is 6.33. The van der Waals surface area contributed by atoms with Gasteiger partial charge in [-0.05, 0) is 37.4 Å². The molecule has 2 aromatic rings. The molecule has 0 fully saturated rings. The average Bonchev–Trinajstić information content (AvgIpc) is 2.64. The van der Waals surface area contributed by atoms with Crippen molar-refractivity contribution >= 4 is 22.7 Å². The summed E-state index contributed by atoms with van der Waals surface area (Å²) in [6.07, 6.45) is 2.07. The fraction of sp³-hybridized carbons (Fsp3) is 0.176. The van der Waals surface area contributed by atoms with Gasteiger partial charge in [0.15, 0.2) is 0 Å². The Morgan fingerprint density at radius 1 is 1.14 bits per heavy atom. The van der Waals surface area contributed by atoms with E-state index in [-0.39, 0.29) is 5.82 Å². The van der Waals surface area contributed by atoms with Gasteiger partial charge in [-0.2, -0.15) is 0 Å². The molecule has 1 aliphatic rings. The van der Waals surface area contributed by atoms with Crippen molar-refractivity contribution < 1.29 is 9.13 Å². The van der Waals surface area contributed by atoms with Crippen LogP contribution < -0.4 is 10.1 Å². The van der Waals surface area contributed by atoms with Crippen LogP contribution in [-0.2, 0) is 0 Å². The largest absolute Gasteiger partial charge is 0.456 e. The first-order chi connectivity index (χ1) is 10.3. The maximum atomic E-state index is 13.6. The van der Waals surface area contributed by atoms with Gasteiger partial charge in [0.1, 0.15) is 17.3 Å². The van der Waals surface area contributed by atoms with E-state index in [2.05, 4.69) is 11.4 Å². The molecule has 108 valence electrons. The van der Waals surface area contributed by atoms with Crippen LogP contribution in [0.25, 0.3) is 11.0 Å². The molecule has 2 aromatic carbocycles. The average molecular weight is 301 g/mol.